The number of nitrogens with two attached hydrogens (primary N) is 1. The molecule has 2 rings (SSSR count). The summed E-state index contributed by atoms with van der Waals surface area (Å²) in [5.41, 5.74) is 4.93. The highest BCUT2D eigenvalue weighted by molar-refractivity contribution is 9.10. The topological polar surface area (TPSA) is 38.0 Å². The highest BCUT2D eigenvalue weighted by Gasteiger charge is 2.34. The van der Waals surface area contributed by atoms with Gasteiger partial charge in [0.2, 0.25) is 0 Å². The first-order valence-corrected chi connectivity index (χ1v) is 7.84. The lowest BCUT2D eigenvalue weighted by atomic mass is 10.1. The highest BCUT2D eigenvalue weighted by atomic mass is 79.9. The summed E-state index contributed by atoms with van der Waals surface area (Å²) in [5.74, 6) is 0. The summed E-state index contributed by atoms with van der Waals surface area (Å²) < 4.78 is 39.5. The van der Waals surface area contributed by atoms with Gasteiger partial charge in [-0.05, 0) is 45.6 Å². The first kappa shape index (κ1) is 16.3. The van der Waals surface area contributed by atoms with E-state index in [1.54, 1.807) is 11.3 Å². The highest BCUT2D eigenvalue weighted by Crippen LogP contribution is 2.33. The fourth-order valence-electron chi connectivity index (χ4n) is 1.74. The van der Waals surface area contributed by atoms with Crippen LogP contribution in [0.15, 0.2) is 34.1 Å². The van der Waals surface area contributed by atoms with E-state index in [4.69, 9.17) is 18.0 Å². The van der Waals surface area contributed by atoms with Crippen LogP contribution in [0.25, 0.3) is 0 Å². The molecule has 0 aliphatic carbocycles. The Morgan fingerprint density at radius 1 is 1.33 bits per heavy atom. The summed E-state index contributed by atoms with van der Waals surface area (Å²) >= 11 is 9.65. The van der Waals surface area contributed by atoms with Crippen LogP contribution in [0, 0.1) is 0 Å². The molecule has 0 saturated heterocycles. The summed E-state index contributed by atoms with van der Waals surface area (Å²) in [5, 5.41) is 4.98. The monoisotopic (exact) mass is 394 g/mol. The number of alkyl halides is 3. The molecule has 112 valence electrons. The predicted molar refractivity (Wildman–Crippen MR) is 86.7 cm³/mol. The van der Waals surface area contributed by atoms with Crippen LogP contribution in [0.5, 0.6) is 0 Å². The summed E-state index contributed by atoms with van der Waals surface area (Å²) in [4.78, 5) is 0.773. The number of benzene rings is 1. The van der Waals surface area contributed by atoms with E-state index < -0.39 is 11.7 Å². The van der Waals surface area contributed by atoms with Crippen LogP contribution in [0.1, 0.15) is 16.0 Å². The molecule has 0 unspecified atom stereocenters. The predicted octanol–water partition coefficient (Wildman–Crippen LogP) is 4.78. The molecule has 0 atom stereocenters. The Morgan fingerprint density at radius 2 is 2.05 bits per heavy atom. The maximum atomic E-state index is 12.9. The van der Waals surface area contributed by atoms with E-state index in [1.807, 2.05) is 11.4 Å². The Labute approximate surface area is 137 Å². The minimum Gasteiger partial charge on any atom is -0.389 e. The van der Waals surface area contributed by atoms with E-state index in [0.717, 1.165) is 15.4 Å². The van der Waals surface area contributed by atoms with Gasteiger partial charge in [0.1, 0.15) is 4.99 Å². The molecule has 0 spiro atoms. The average molecular weight is 395 g/mol. The normalized spacial score (nSPS) is 11.4. The molecule has 0 radical (unpaired) electrons. The van der Waals surface area contributed by atoms with Gasteiger partial charge in [-0.2, -0.15) is 13.2 Å². The maximum absolute atomic E-state index is 12.9. The van der Waals surface area contributed by atoms with Crippen LogP contribution >= 0.6 is 39.5 Å². The zero-order valence-corrected chi connectivity index (χ0v) is 13.7. The third-order valence-electron chi connectivity index (χ3n) is 2.73. The molecule has 8 heteroatoms. The number of thiocarbonyl (C=S) groups is 1. The van der Waals surface area contributed by atoms with Crippen molar-refractivity contribution in [2.45, 2.75) is 12.7 Å². The first-order chi connectivity index (χ1) is 9.79. The van der Waals surface area contributed by atoms with Crippen LogP contribution < -0.4 is 11.1 Å². The Morgan fingerprint density at radius 3 is 2.57 bits per heavy atom. The molecule has 1 aromatic carbocycles. The quantitative estimate of drug-likeness (QED) is 0.733. The van der Waals surface area contributed by atoms with Gasteiger partial charge < -0.3 is 11.1 Å². The summed E-state index contributed by atoms with van der Waals surface area (Å²) in [6.45, 7) is 0.500. The smallest absolute Gasteiger partial charge is 0.389 e. The van der Waals surface area contributed by atoms with E-state index >= 15 is 0 Å². The van der Waals surface area contributed by atoms with Crippen molar-refractivity contribution >= 4 is 50.2 Å². The third kappa shape index (κ3) is 3.96. The van der Waals surface area contributed by atoms with Gasteiger partial charge in [-0.1, -0.05) is 12.2 Å². The number of nitrogens with one attached hydrogen (secondary N) is 1. The van der Waals surface area contributed by atoms with Gasteiger partial charge in [0.25, 0.3) is 0 Å². The van der Waals surface area contributed by atoms with E-state index in [-0.39, 0.29) is 10.6 Å². The van der Waals surface area contributed by atoms with Crippen LogP contribution in [0.4, 0.5) is 18.9 Å². The second kappa shape index (κ2) is 6.33. The Hall–Kier alpha value is -1.12. The molecule has 0 amide bonds. The molecular weight excluding hydrogens is 385 g/mol. The van der Waals surface area contributed by atoms with Crippen molar-refractivity contribution in [1.29, 1.82) is 0 Å². The van der Waals surface area contributed by atoms with Crippen LogP contribution in [0.2, 0.25) is 0 Å². The fourth-order valence-corrected chi connectivity index (χ4v) is 3.34. The van der Waals surface area contributed by atoms with Crippen molar-refractivity contribution < 1.29 is 13.2 Å². The minimum absolute atomic E-state index is 0.173. The Balaban J connectivity index is 2.24. The summed E-state index contributed by atoms with van der Waals surface area (Å²) in [7, 11) is 0. The van der Waals surface area contributed by atoms with Crippen LogP contribution in [0.3, 0.4) is 0 Å². The van der Waals surface area contributed by atoms with E-state index in [2.05, 4.69) is 21.2 Å². The molecule has 1 aromatic heterocycles. The van der Waals surface area contributed by atoms with Crippen molar-refractivity contribution in [2.24, 2.45) is 5.73 Å². The van der Waals surface area contributed by atoms with Gasteiger partial charge in [0.15, 0.2) is 0 Å². The van der Waals surface area contributed by atoms with E-state index in [1.165, 1.54) is 12.1 Å². The SMILES string of the molecule is NC(=S)c1cc(NCc2sccc2Br)ccc1C(F)(F)F. The Bertz CT molecular complexity index is 668. The molecule has 3 N–H and O–H groups in total. The van der Waals surface area contributed by atoms with Crippen molar-refractivity contribution in [3.05, 3.63) is 50.1 Å². The third-order valence-corrected chi connectivity index (χ3v) is 4.88. The lowest BCUT2D eigenvalue weighted by Crippen LogP contribution is -2.18. The maximum Gasteiger partial charge on any atom is 0.417 e. The van der Waals surface area contributed by atoms with E-state index in [0.29, 0.717) is 12.2 Å². The van der Waals surface area contributed by atoms with Gasteiger partial charge >= 0.3 is 6.18 Å². The van der Waals surface area contributed by atoms with Gasteiger partial charge in [-0.25, -0.2) is 0 Å². The zero-order valence-electron chi connectivity index (χ0n) is 10.5. The van der Waals surface area contributed by atoms with Gasteiger partial charge in [0, 0.05) is 20.6 Å². The molecule has 0 bridgehead atoms. The second-order valence-electron chi connectivity index (χ2n) is 4.17. The lowest BCUT2D eigenvalue weighted by molar-refractivity contribution is -0.137. The molecule has 1 heterocycles. The molecule has 0 saturated carbocycles. The number of thiophene rings is 1. The number of anilines is 1. The van der Waals surface area contributed by atoms with E-state index in [9.17, 15) is 13.2 Å². The molecule has 2 nitrogen and oxygen atoms in total. The van der Waals surface area contributed by atoms with Crippen molar-refractivity contribution in [3.8, 4) is 0 Å². The average Bonchev–Trinajstić information content (AvgIpc) is 2.80. The number of hydrogen-bond acceptors (Lipinski definition) is 3. The molecular formula is C13H10BrF3N2S2. The summed E-state index contributed by atoms with van der Waals surface area (Å²) in [6.07, 6.45) is -4.48. The molecule has 0 aliphatic rings. The fraction of sp³-hybridized carbons (Fsp3) is 0.154. The minimum atomic E-state index is -4.48. The second-order valence-corrected chi connectivity index (χ2v) is 6.46. The largest absolute Gasteiger partial charge is 0.417 e. The zero-order chi connectivity index (χ0) is 15.6. The number of rotatable bonds is 4. The Kier molecular flexibility index (Phi) is 4.90. The van der Waals surface area contributed by atoms with Crippen molar-refractivity contribution in [3.63, 3.8) is 0 Å². The molecule has 2 aromatic rings. The van der Waals surface area contributed by atoms with Gasteiger partial charge in [-0.15, -0.1) is 11.3 Å². The molecule has 0 fully saturated rings. The number of hydrogen-bond donors (Lipinski definition) is 2. The lowest BCUT2D eigenvalue weighted by Gasteiger charge is -2.14. The van der Waals surface area contributed by atoms with Crippen LogP contribution in [-0.2, 0) is 12.7 Å². The van der Waals surface area contributed by atoms with Gasteiger partial charge in [0.05, 0.1) is 12.1 Å². The standard InChI is InChI=1S/C13H10BrF3N2S2/c14-10-3-4-21-11(10)6-19-7-1-2-9(13(15,16)17)8(5-7)12(18)20/h1-5,19H,6H2,(H2,18,20). The van der Waals surface area contributed by atoms with Crippen molar-refractivity contribution in [2.75, 3.05) is 5.32 Å². The van der Waals surface area contributed by atoms with Crippen molar-refractivity contribution in [1.82, 2.24) is 0 Å². The van der Waals surface area contributed by atoms with Gasteiger partial charge in [-0.3, -0.25) is 0 Å². The summed E-state index contributed by atoms with van der Waals surface area (Å²) in [6, 6.07) is 5.59. The molecule has 21 heavy (non-hydrogen) atoms. The number of halogens is 4. The molecule has 0 aliphatic heterocycles. The first-order valence-electron chi connectivity index (χ1n) is 5.76. The van der Waals surface area contributed by atoms with Crippen LogP contribution in [-0.4, -0.2) is 4.99 Å².